The molecule has 0 heterocycles. The Balaban J connectivity index is 1.67. The number of para-hydroxylation sites is 1. The van der Waals surface area contributed by atoms with Crippen LogP contribution in [-0.4, -0.2) is 18.2 Å². The number of ketones is 1. The quantitative estimate of drug-likeness (QED) is 0.500. The van der Waals surface area contributed by atoms with E-state index in [4.69, 9.17) is 11.6 Å². The van der Waals surface area contributed by atoms with Crippen LogP contribution in [0.5, 0.6) is 0 Å². The zero-order chi connectivity index (χ0) is 20.8. The van der Waals surface area contributed by atoms with Gasteiger partial charge in [-0.05, 0) is 43.2 Å². The van der Waals surface area contributed by atoms with Crippen LogP contribution < -0.4 is 10.6 Å². The Morgan fingerprint density at radius 2 is 1.59 bits per heavy atom. The summed E-state index contributed by atoms with van der Waals surface area (Å²) >= 11 is 6.11. The molecular formula is C24H23ClN2O2. The molecule has 0 unspecified atom stereocenters. The van der Waals surface area contributed by atoms with Crippen LogP contribution in [-0.2, 0) is 4.79 Å². The monoisotopic (exact) mass is 406 g/mol. The lowest BCUT2D eigenvalue weighted by Gasteiger charge is -2.14. The van der Waals surface area contributed by atoms with E-state index in [0.29, 0.717) is 28.4 Å². The van der Waals surface area contributed by atoms with Crippen LogP contribution in [0.1, 0.15) is 33.5 Å². The minimum Gasteiger partial charge on any atom is -0.384 e. The van der Waals surface area contributed by atoms with Crippen molar-refractivity contribution in [2.75, 3.05) is 17.2 Å². The molecule has 3 rings (SSSR count). The Morgan fingerprint density at radius 3 is 2.28 bits per heavy atom. The molecule has 0 fully saturated rings. The smallest absolute Gasteiger partial charge is 0.226 e. The first-order valence-corrected chi connectivity index (χ1v) is 9.83. The third-order valence-corrected chi connectivity index (χ3v) is 4.91. The molecular weight excluding hydrogens is 384 g/mol. The van der Waals surface area contributed by atoms with Crippen molar-refractivity contribution in [1.82, 2.24) is 0 Å². The highest BCUT2D eigenvalue weighted by Crippen LogP contribution is 2.24. The van der Waals surface area contributed by atoms with Gasteiger partial charge in [0.2, 0.25) is 5.91 Å². The number of carbonyl (C=O) groups is 2. The fraction of sp³-hybridized carbons (Fsp3) is 0.167. The van der Waals surface area contributed by atoms with Gasteiger partial charge in [-0.3, -0.25) is 9.59 Å². The number of halogens is 1. The van der Waals surface area contributed by atoms with E-state index >= 15 is 0 Å². The maximum atomic E-state index is 12.9. The molecule has 0 aliphatic carbocycles. The molecule has 4 nitrogen and oxygen atoms in total. The zero-order valence-corrected chi connectivity index (χ0v) is 17.2. The Hall–Kier alpha value is -3.11. The summed E-state index contributed by atoms with van der Waals surface area (Å²) in [7, 11) is 0. The maximum Gasteiger partial charge on any atom is 0.226 e. The van der Waals surface area contributed by atoms with Gasteiger partial charge >= 0.3 is 0 Å². The van der Waals surface area contributed by atoms with Crippen molar-refractivity contribution in [2.45, 2.75) is 20.3 Å². The summed E-state index contributed by atoms with van der Waals surface area (Å²) in [5.74, 6) is -0.199. The molecule has 1 amide bonds. The van der Waals surface area contributed by atoms with Crippen LogP contribution in [0, 0.1) is 13.8 Å². The standard InChI is InChI=1S/C24H23ClN2O2/c1-16-7-6-8-17(2)23(16)27-22(28)13-14-26-21-12-11-19(25)15-20(21)24(29)18-9-4-3-5-10-18/h3-12,15,26H,13-14H2,1-2H3,(H,27,28). The van der Waals surface area contributed by atoms with Gasteiger partial charge in [0.1, 0.15) is 0 Å². The topological polar surface area (TPSA) is 58.2 Å². The highest BCUT2D eigenvalue weighted by Gasteiger charge is 2.15. The number of hydrogen-bond acceptors (Lipinski definition) is 3. The Labute approximate surface area is 175 Å². The maximum absolute atomic E-state index is 12.9. The molecule has 0 saturated heterocycles. The first-order chi connectivity index (χ1) is 14.0. The normalized spacial score (nSPS) is 10.4. The van der Waals surface area contributed by atoms with Gasteiger partial charge in [-0.15, -0.1) is 0 Å². The number of hydrogen-bond donors (Lipinski definition) is 2. The lowest BCUT2D eigenvalue weighted by atomic mass is 10.0. The molecule has 0 bridgehead atoms. The summed E-state index contributed by atoms with van der Waals surface area (Å²) in [6.45, 7) is 4.33. The Bertz CT molecular complexity index is 1010. The average molecular weight is 407 g/mol. The molecule has 0 spiro atoms. The summed E-state index contributed by atoms with van der Waals surface area (Å²) in [6, 6.07) is 20.1. The number of carbonyl (C=O) groups excluding carboxylic acids is 2. The zero-order valence-electron chi connectivity index (χ0n) is 16.5. The first kappa shape index (κ1) is 20.6. The van der Waals surface area contributed by atoms with E-state index in [-0.39, 0.29) is 18.1 Å². The van der Waals surface area contributed by atoms with E-state index < -0.39 is 0 Å². The van der Waals surface area contributed by atoms with E-state index in [1.807, 2.05) is 50.2 Å². The minimum atomic E-state index is -0.115. The molecule has 0 aromatic heterocycles. The van der Waals surface area contributed by atoms with Gasteiger partial charge < -0.3 is 10.6 Å². The summed E-state index contributed by atoms with van der Waals surface area (Å²) in [4.78, 5) is 25.2. The van der Waals surface area contributed by atoms with Crippen LogP contribution in [0.4, 0.5) is 11.4 Å². The predicted molar refractivity (Wildman–Crippen MR) is 119 cm³/mol. The summed E-state index contributed by atoms with van der Waals surface area (Å²) in [6.07, 6.45) is 0.273. The van der Waals surface area contributed by atoms with E-state index in [2.05, 4.69) is 10.6 Å². The van der Waals surface area contributed by atoms with Gasteiger partial charge in [0.15, 0.2) is 5.78 Å². The second-order valence-electron chi connectivity index (χ2n) is 6.88. The van der Waals surface area contributed by atoms with Gasteiger partial charge in [-0.2, -0.15) is 0 Å². The van der Waals surface area contributed by atoms with Crippen molar-refractivity contribution < 1.29 is 9.59 Å². The van der Waals surface area contributed by atoms with Crippen LogP contribution in [0.3, 0.4) is 0 Å². The lowest BCUT2D eigenvalue weighted by molar-refractivity contribution is -0.116. The summed E-state index contributed by atoms with van der Waals surface area (Å²) in [5, 5.41) is 6.66. The molecule has 0 atom stereocenters. The molecule has 0 aliphatic heterocycles. The number of anilines is 2. The van der Waals surface area contributed by atoms with Gasteiger partial charge in [-0.1, -0.05) is 60.1 Å². The molecule has 2 N–H and O–H groups in total. The van der Waals surface area contributed by atoms with Crippen molar-refractivity contribution in [3.05, 3.63) is 94.0 Å². The van der Waals surface area contributed by atoms with Crippen molar-refractivity contribution in [3.63, 3.8) is 0 Å². The lowest BCUT2D eigenvalue weighted by Crippen LogP contribution is -2.18. The van der Waals surface area contributed by atoms with E-state index in [0.717, 1.165) is 16.8 Å². The van der Waals surface area contributed by atoms with Crippen LogP contribution in [0.15, 0.2) is 66.7 Å². The molecule has 3 aromatic carbocycles. The first-order valence-electron chi connectivity index (χ1n) is 9.45. The molecule has 5 heteroatoms. The molecule has 0 saturated carbocycles. The molecule has 0 radical (unpaired) electrons. The Kier molecular flexibility index (Phi) is 6.68. The highest BCUT2D eigenvalue weighted by atomic mass is 35.5. The average Bonchev–Trinajstić information content (AvgIpc) is 2.72. The SMILES string of the molecule is Cc1cccc(C)c1NC(=O)CCNc1ccc(Cl)cc1C(=O)c1ccccc1. The minimum absolute atomic E-state index is 0.0835. The van der Waals surface area contributed by atoms with Gasteiger partial charge in [0, 0.05) is 40.5 Å². The largest absolute Gasteiger partial charge is 0.384 e. The van der Waals surface area contributed by atoms with E-state index in [1.54, 1.807) is 30.3 Å². The fourth-order valence-corrected chi connectivity index (χ4v) is 3.30. The van der Waals surface area contributed by atoms with Gasteiger partial charge in [0.05, 0.1) is 0 Å². The molecule has 3 aromatic rings. The molecule has 0 aliphatic rings. The van der Waals surface area contributed by atoms with Crippen LogP contribution in [0.2, 0.25) is 5.02 Å². The van der Waals surface area contributed by atoms with Gasteiger partial charge in [0.25, 0.3) is 0 Å². The van der Waals surface area contributed by atoms with Crippen molar-refractivity contribution in [1.29, 1.82) is 0 Å². The van der Waals surface area contributed by atoms with Crippen molar-refractivity contribution >= 4 is 34.7 Å². The highest BCUT2D eigenvalue weighted by molar-refractivity contribution is 6.31. The third-order valence-electron chi connectivity index (χ3n) is 4.68. The number of nitrogens with one attached hydrogen (secondary N) is 2. The summed E-state index contributed by atoms with van der Waals surface area (Å²) < 4.78 is 0. The molecule has 29 heavy (non-hydrogen) atoms. The Morgan fingerprint density at radius 1 is 0.897 bits per heavy atom. The second kappa shape index (κ2) is 9.39. The number of rotatable bonds is 7. The van der Waals surface area contributed by atoms with Crippen LogP contribution in [0.25, 0.3) is 0 Å². The predicted octanol–water partition coefficient (Wildman–Crippen LogP) is 5.63. The van der Waals surface area contributed by atoms with E-state index in [1.165, 1.54) is 0 Å². The molecule has 148 valence electrons. The fourth-order valence-electron chi connectivity index (χ4n) is 3.13. The van der Waals surface area contributed by atoms with Crippen molar-refractivity contribution in [2.24, 2.45) is 0 Å². The van der Waals surface area contributed by atoms with Crippen molar-refractivity contribution in [3.8, 4) is 0 Å². The van der Waals surface area contributed by atoms with E-state index in [9.17, 15) is 9.59 Å². The number of aryl methyl sites for hydroxylation is 2. The van der Waals surface area contributed by atoms with Crippen LogP contribution >= 0.6 is 11.6 Å². The third kappa shape index (κ3) is 5.24. The number of benzene rings is 3. The second-order valence-corrected chi connectivity index (χ2v) is 7.31. The summed E-state index contributed by atoms with van der Waals surface area (Å²) in [5.41, 5.74) is 4.64. The number of amides is 1. The van der Waals surface area contributed by atoms with Gasteiger partial charge in [-0.25, -0.2) is 0 Å².